The average molecular weight is 343 g/mol. The zero-order valence-electron chi connectivity index (χ0n) is 14.4. The summed E-state index contributed by atoms with van der Waals surface area (Å²) >= 11 is 0. The van der Waals surface area contributed by atoms with Crippen LogP contribution in [0, 0.1) is 0 Å². The van der Waals surface area contributed by atoms with Crippen molar-refractivity contribution in [2.24, 2.45) is 0 Å². The van der Waals surface area contributed by atoms with Crippen LogP contribution in [0.2, 0.25) is 0 Å². The van der Waals surface area contributed by atoms with Crippen molar-refractivity contribution in [3.8, 4) is 0 Å². The normalized spacial score (nSPS) is 27.9. The summed E-state index contributed by atoms with van der Waals surface area (Å²) in [6.45, 7) is 5.76. The molecule has 1 aromatic rings. The predicted molar refractivity (Wildman–Crippen MR) is 94.4 cm³/mol. The van der Waals surface area contributed by atoms with Crippen LogP contribution in [-0.2, 0) is 9.59 Å². The van der Waals surface area contributed by atoms with E-state index in [0.29, 0.717) is 25.6 Å². The molecule has 0 unspecified atom stereocenters. The maximum absolute atomic E-state index is 12.5. The van der Waals surface area contributed by atoms with Crippen molar-refractivity contribution in [1.82, 2.24) is 20.1 Å². The lowest BCUT2D eigenvalue weighted by atomic mass is 10.1. The molecule has 7 heteroatoms. The van der Waals surface area contributed by atoms with Crippen molar-refractivity contribution in [1.29, 1.82) is 0 Å². The van der Waals surface area contributed by atoms with E-state index in [9.17, 15) is 9.59 Å². The molecule has 4 rings (SSSR count). The van der Waals surface area contributed by atoms with E-state index in [4.69, 9.17) is 0 Å². The molecule has 2 atom stereocenters. The maximum Gasteiger partial charge on any atom is 0.240 e. The van der Waals surface area contributed by atoms with E-state index in [1.807, 2.05) is 12.4 Å². The van der Waals surface area contributed by atoms with E-state index in [0.717, 1.165) is 39.1 Å². The Bertz CT molecular complexity index is 630. The van der Waals surface area contributed by atoms with Gasteiger partial charge in [-0.25, -0.2) is 0 Å². The molecule has 1 N–H and O–H groups in total. The minimum Gasteiger partial charge on any atom is -0.369 e. The number of pyridine rings is 1. The number of Topliss-reactive ketones (excluding diaryl/α,β-unsaturated/α-hetero) is 1. The Morgan fingerprint density at radius 2 is 1.88 bits per heavy atom. The monoisotopic (exact) mass is 343 g/mol. The molecule has 0 aromatic carbocycles. The van der Waals surface area contributed by atoms with E-state index in [1.165, 1.54) is 5.69 Å². The molecule has 3 fully saturated rings. The lowest BCUT2D eigenvalue weighted by Gasteiger charge is -2.38. The fourth-order valence-electron chi connectivity index (χ4n) is 4.12. The Morgan fingerprint density at radius 3 is 2.56 bits per heavy atom. The molecule has 0 bridgehead atoms. The van der Waals surface area contributed by atoms with Gasteiger partial charge in [0, 0.05) is 69.8 Å². The molecule has 3 aliphatic rings. The van der Waals surface area contributed by atoms with Crippen molar-refractivity contribution >= 4 is 17.4 Å². The van der Waals surface area contributed by atoms with Gasteiger partial charge in [0.1, 0.15) is 0 Å². The highest BCUT2D eigenvalue weighted by Crippen LogP contribution is 2.21. The van der Waals surface area contributed by atoms with Crippen LogP contribution in [0.4, 0.5) is 5.69 Å². The van der Waals surface area contributed by atoms with Crippen LogP contribution >= 0.6 is 0 Å². The highest BCUT2D eigenvalue weighted by Gasteiger charge is 2.37. The molecule has 1 amide bonds. The molecule has 7 nitrogen and oxygen atoms in total. The second kappa shape index (κ2) is 7.09. The summed E-state index contributed by atoms with van der Waals surface area (Å²) in [5, 5.41) is 3.37. The number of anilines is 1. The summed E-state index contributed by atoms with van der Waals surface area (Å²) in [5.74, 6) is 0.277. The standard InChI is InChI=1S/C18H25N5O2/c24-16-3-6-23(13-16)18(25)17-11-15(12-20-17)22-9-7-21(8-10-22)14-1-4-19-5-2-14/h1-2,4-5,15,17,20H,3,6-13H2/t15-,17-/m0/s1. The molecule has 0 radical (unpaired) electrons. The van der Waals surface area contributed by atoms with E-state index in [1.54, 1.807) is 4.90 Å². The Hall–Kier alpha value is -1.99. The molecule has 25 heavy (non-hydrogen) atoms. The largest absolute Gasteiger partial charge is 0.369 e. The van der Waals surface area contributed by atoms with E-state index < -0.39 is 0 Å². The third-order valence-electron chi connectivity index (χ3n) is 5.60. The number of carbonyl (C=O) groups excluding carboxylic acids is 2. The summed E-state index contributed by atoms with van der Waals surface area (Å²) in [4.78, 5) is 34.6. The second-order valence-corrected chi connectivity index (χ2v) is 7.13. The number of piperazine rings is 1. The Labute approximate surface area is 148 Å². The van der Waals surface area contributed by atoms with Crippen molar-refractivity contribution < 1.29 is 9.59 Å². The fraction of sp³-hybridized carbons (Fsp3) is 0.611. The van der Waals surface area contributed by atoms with Gasteiger partial charge in [0.25, 0.3) is 0 Å². The number of hydrogen-bond acceptors (Lipinski definition) is 6. The quantitative estimate of drug-likeness (QED) is 0.815. The molecule has 1 aromatic heterocycles. The smallest absolute Gasteiger partial charge is 0.240 e. The number of likely N-dealkylation sites (tertiary alicyclic amines) is 1. The Kier molecular flexibility index (Phi) is 4.67. The number of aromatic nitrogens is 1. The Balaban J connectivity index is 1.28. The molecule has 3 saturated heterocycles. The van der Waals surface area contributed by atoms with Crippen LogP contribution in [-0.4, -0.2) is 84.4 Å². The molecule has 0 spiro atoms. The number of ketones is 1. The minimum absolute atomic E-state index is 0.101. The van der Waals surface area contributed by atoms with Gasteiger partial charge in [-0.1, -0.05) is 0 Å². The first-order chi connectivity index (χ1) is 12.2. The lowest BCUT2D eigenvalue weighted by molar-refractivity contribution is -0.133. The first-order valence-corrected chi connectivity index (χ1v) is 9.13. The van der Waals surface area contributed by atoms with Gasteiger partial charge in [-0.05, 0) is 18.6 Å². The van der Waals surface area contributed by atoms with Gasteiger partial charge in [-0.2, -0.15) is 0 Å². The van der Waals surface area contributed by atoms with Crippen molar-refractivity contribution in [3.63, 3.8) is 0 Å². The Morgan fingerprint density at radius 1 is 1.12 bits per heavy atom. The van der Waals surface area contributed by atoms with Crippen molar-refractivity contribution in [3.05, 3.63) is 24.5 Å². The molecule has 3 aliphatic heterocycles. The first kappa shape index (κ1) is 16.5. The minimum atomic E-state index is -0.130. The van der Waals surface area contributed by atoms with Gasteiger partial charge >= 0.3 is 0 Å². The van der Waals surface area contributed by atoms with Crippen LogP contribution in [0.3, 0.4) is 0 Å². The van der Waals surface area contributed by atoms with Crippen LogP contribution in [0.5, 0.6) is 0 Å². The maximum atomic E-state index is 12.5. The van der Waals surface area contributed by atoms with Gasteiger partial charge in [0.2, 0.25) is 5.91 Å². The van der Waals surface area contributed by atoms with Gasteiger partial charge in [-0.3, -0.25) is 19.5 Å². The summed E-state index contributed by atoms with van der Waals surface area (Å²) in [7, 11) is 0. The topological polar surface area (TPSA) is 68.8 Å². The summed E-state index contributed by atoms with van der Waals surface area (Å²) < 4.78 is 0. The first-order valence-electron chi connectivity index (χ1n) is 9.13. The van der Waals surface area contributed by atoms with Crippen LogP contribution in [0.25, 0.3) is 0 Å². The number of nitrogens with one attached hydrogen (secondary N) is 1. The zero-order valence-corrected chi connectivity index (χ0v) is 14.4. The highest BCUT2D eigenvalue weighted by atomic mass is 16.2. The SMILES string of the molecule is O=C1CCN(C(=O)[C@@H]2C[C@H](N3CCN(c4ccncc4)CC3)CN2)C1. The third-order valence-corrected chi connectivity index (χ3v) is 5.60. The van der Waals surface area contributed by atoms with Crippen LogP contribution in [0.15, 0.2) is 24.5 Å². The molecular weight excluding hydrogens is 318 g/mol. The van der Waals surface area contributed by atoms with E-state index in [-0.39, 0.29) is 17.7 Å². The average Bonchev–Trinajstić information content (AvgIpc) is 3.31. The summed E-state index contributed by atoms with van der Waals surface area (Å²) in [5.41, 5.74) is 1.23. The molecule has 134 valence electrons. The molecule has 4 heterocycles. The van der Waals surface area contributed by atoms with Crippen LogP contribution in [0.1, 0.15) is 12.8 Å². The van der Waals surface area contributed by atoms with Gasteiger partial charge < -0.3 is 15.1 Å². The zero-order chi connectivity index (χ0) is 17.2. The summed E-state index contributed by atoms with van der Waals surface area (Å²) in [6, 6.07) is 4.39. The fourth-order valence-corrected chi connectivity index (χ4v) is 4.12. The molecule has 0 saturated carbocycles. The van der Waals surface area contributed by atoms with Crippen LogP contribution < -0.4 is 10.2 Å². The van der Waals surface area contributed by atoms with Crippen molar-refractivity contribution in [2.45, 2.75) is 24.9 Å². The molecule has 0 aliphatic carbocycles. The van der Waals surface area contributed by atoms with Crippen molar-refractivity contribution in [2.75, 3.05) is 50.7 Å². The molecular formula is C18H25N5O2. The predicted octanol–water partition coefficient (Wildman–Crippen LogP) is -0.264. The van der Waals surface area contributed by atoms with Gasteiger partial charge in [-0.15, -0.1) is 0 Å². The lowest BCUT2D eigenvalue weighted by Crippen LogP contribution is -2.51. The van der Waals surface area contributed by atoms with Gasteiger partial charge in [0.05, 0.1) is 12.6 Å². The highest BCUT2D eigenvalue weighted by molar-refractivity contribution is 5.91. The summed E-state index contributed by atoms with van der Waals surface area (Å²) in [6.07, 6.45) is 5.03. The number of hydrogen-bond donors (Lipinski definition) is 1. The number of amides is 1. The van der Waals surface area contributed by atoms with E-state index in [2.05, 4.69) is 32.2 Å². The number of rotatable bonds is 3. The van der Waals surface area contributed by atoms with E-state index >= 15 is 0 Å². The number of carbonyl (C=O) groups is 2. The second-order valence-electron chi connectivity index (χ2n) is 7.13. The number of nitrogens with zero attached hydrogens (tertiary/aromatic N) is 4. The van der Waals surface area contributed by atoms with Gasteiger partial charge in [0.15, 0.2) is 5.78 Å². The third kappa shape index (κ3) is 3.52.